The molecule has 0 aromatic heterocycles. The lowest BCUT2D eigenvalue weighted by atomic mass is 10.4. The van der Waals surface area contributed by atoms with E-state index in [1.807, 2.05) is 0 Å². The summed E-state index contributed by atoms with van der Waals surface area (Å²) in [7, 11) is -0.253. The van der Waals surface area contributed by atoms with Crippen molar-refractivity contribution in [3.63, 3.8) is 0 Å². The van der Waals surface area contributed by atoms with E-state index in [4.69, 9.17) is 4.74 Å². The van der Waals surface area contributed by atoms with E-state index in [-0.39, 0.29) is 5.70 Å². The predicted molar refractivity (Wildman–Crippen MR) is 51.3 cm³/mol. The minimum absolute atomic E-state index is 0.285. The molecule has 6 heteroatoms. The van der Waals surface area contributed by atoms with E-state index in [1.165, 1.54) is 13.2 Å². The molecule has 0 atom stereocenters. The normalized spacial score (nSPS) is 12.8. The molecule has 0 aromatic rings. The molecule has 0 amide bonds. The largest absolute Gasteiger partial charge is 0.481 e. The standard InChI is InChI=1S/C7H14N2O3S/c1-5-6(7(8-2)12-3)9-13(4,10)11/h5,8-9H,1H2,2-4H3/b7-6-. The Morgan fingerprint density at radius 2 is 2.08 bits per heavy atom. The van der Waals surface area contributed by atoms with Crippen molar-refractivity contribution in [3.05, 3.63) is 24.2 Å². The van der Waals surface area contributed by atoms with Gasteiger partial charge in [-0.2, -0.15) is 0 Å². The number of rotatable bonds is 5. The van der Waals surface area contributed by atoms with Crippen molar-refractivity contribution in [1.29, 1.82) is 0 Å². The van der Waals surface area contributed by atoms with Crippen molar-refractivity contribution >= 4 is 10.0 Å². The molecular weight excluding hydrogens is 192 g/mol. The van der Waals surface area contributed by atoms with E-state index in [2.05, 4.69) is 16.6 Å². The van der Waals surface area contributed by atoms with Crippen LogP contribution in [0.1, 0.15) is 0 Å². The highest BCUT2D eigenvalue weighted by molar-refractivity contribution is 7.88. The summed E-state index contributed by atoms with van der Waals surface area (Å²) in [4.78, 5) is 0. The molecule has 0 aliphatic heterocycles. The molecule has 0 rings (SSSR count). The summed E-state index contributed by atoms with van der Waals surface area (Å²) in [6, 6.07) is 0. The molecule has 0 spiro atoms. The van der Waals surface area contributed by atoms with Crippen molar-refractivity contribution in [2.75, 3.05) is 20.4 Å². The average molecular weight is 206 g/mol. The fraction of sp³-hybridized carbons (Fsp3) is 0.429. The molecule has 0 saturated carbocycles. The molecule has 0 fully saturated rings. The average Bonchev–Trinajstić information content (AvgIpc) is 2.02. The van der Waals surface area contributed by atoms with Crippen molar-refractivity contribution in [3.8, 4) is 0 Å². The Bertz CT molecular complexity index is 300. The second-order valence-corrected chi connectivity index (χ2v) is 4.02. The van der Waals surface area contributed by atoms with Crippen LogP contribution in [-0.4, -0.2) is 28.8 Å². The van der Waals surface area contributed by atoms with Crippen LogP contribution in [0.4, 0.5) is 0 Å². The quantitative estimate of drug-likeness (QED) is 0.481. The molecule has 0 saturated heterocycles. The zero-order valence-electron chi connectivity index (χ0n) is 7.92. The predicted octanol–water partition coefficient (Wildman–Crippen LogP) is -0.243. The SMILES string of the molecule is C=C/C(NS(C)(=O)=O)=C(\NC)OC. The summed E-state index contributed by atoms with van der Waals surface area (Å²) in [5, 5.41) is 2.68. The summed E-state index contributed by atoms with van der Waals surface area (Å²) in [5.41, 5.74) is 0.285. The van der Waals surface area contributed by atoms with Gasteiger partial charge in [-0.05, 0) is 6.08 Å². The van der Waals surface area contributed by atoms with Crippen molar-refractivity contribution in [1.82, 2.24) is 10.0 Å². The molecule has 0 aliphatic carbocycles. The number of hydrogen-bond acceptors (Lipinski definition) is 4. The van der Waals surface area contributed by atoms with Crippen LogP contribution < -0.4 is 10.0 Å². The molecule has 0 unspecified atom stereocenters. The van der Waals surface area contributed by atoms with Gasteiger partial charge in [-0.1, -0.05) is 6.58 Å². The number of hydrogen-bond donors (Lipinski definition) is 2. The van der Waals surface area contributed by atoms with Gasteiger partial charge in [-0.15, -0.1) is 0 Å². The second-order valence-electron chi connectivity index (χ2n) is 2.28. The van der Waals surface area contributed by atoms with Gasteiger partial charge in [-0.25, -0.2) is 8.42 Å². The zero-order valence-corrected chi connectivity index (χ0v) is 8.73. The van der Waals surface area contributed by atoms with E-state index >= 15 is 0 Å². The van der Waals surface area contributed by atoms with Gasteiger partial charge in [0.15, 0.2) is 0 Å². The Morgan fingerprint density at radius 3 is 2.31 bits per heavy atom. The highest BCUT2D eigenvalue weighted by Crippen LogP contribution is 2.00. The van der Waals surface area contributed by atoms with Crippen LogP contribution in [0.25, 0.3) is 0 Å². The monoisotopic (exact) mass is 206 g/mol. The lowest BCUT2D eigenvalue weighted by Crippen LogP contribution is -2.25. The third-order valence-corrected chi connectivity index (χ3v) is 1.77. The van der Waals surface area contributed by atoms with Gasteiger partial charge in [0.2, 0.25) is 15.9 Å². The Kier molecular flexibility index (Phi) is 4.33. The van der Waals surface area contributed by atoms with Crippen LogP contribution in [0.2, 0.25) is 0 Å². The van der Waals surface area contributed by atoms with Crippen molar-refractivity contribution < 1.29 is 13.2 Å². The van der Waals surface area contributed by atoms with Gasteiger partial charge in [0.05, 0.1) is 13.4 Å². The van der Waals surface area contributed by atoms with Crippen LogP contribution >= 0.6 is 0 Å². The Balaban J connectivity index is 4.88. The maximum atomic E-state index is 10.9. The van der Waals surface area contributed by atoms with Crippen LogP contribution in [0.15, 0.2) is 24.2 Å². The number of methoxy groups -OCH3 is 1. The van der Waals surface area contributed by atoms with Gasteiger partial charge in [0, 0.05) is 7.05 Å². The first-order valence-corrected chi connectivity index (χ1v) is 5.40. The Hall–Kier alpha value is -1.17. The number of ether oxygens (including phenoxy) is 1. The minimum atomic E-state index is -3.30. The number of nitrogens with one attached hydrogen (secondary N) is 2. The molecular formula is C7H14N2O3S. The highest BCUT2D eigenvalue weighted by Gasteiger charge is 2.07. The first-order chi connectivity index (χ1) is 5.94. The van der Waals surface area contributed by atoms with Crippen molar-refractivity contribution in [2.24, 2.45) is 0 Å². The lowest BCUT2D eigenvalue weighted by molar-refractivity contribution is 0.263. The van der Waals surface area contributed by atoms with E-state index < -0.39 is 10.0 Å². The number of sulfonamides is 1. The van der Waals surface area contributed by atoms with Gasteiger partial charge < -0.3 is 10.1 Å². The summed E-state index contributed by atoms with van der Waals surface area (Å²) in [6.45, 7) is 3.46. The summed E-state index contributed by atoms with van der Waals surface area (Å²) in [6.07, 6.45) is 2.41. The smallest absolute Gasteiger partial charge is 0.229 e. The van der Waals surface area contributed by atoms with Crippen molar-refractivity contribution in [2.45, 2.75) is 0 Å². The summed E-state index contributed by atoms with van der Waals surface area (Å²) >= 11 is 0. The third kappa shape index (κ3) is 4.41. The van der Waals surface area contributed by atoms with Crippen LogP contribution in [0.3, 0.4) is 0 Å². The first-order valence-electron chi connectivity index (χ1n) is 3.51. The molecule has 0 bridgehead atoms. The van der Waals surface area contributed by atoms with Gasteiger partial charge >= 0.3 is 0 Å². The fourth-order valence-corrected chi connectivity index (χ4v) is 1.30. The summed E-state index contributed by atoms with van der Waals surface area (Å²) < 4.78 is 28.8. The van der Waals surface area contributed by atoms with E-state index in [0.717, 1.165) is 6.26 Å². The molecule has 0 aliphatic rings. The maximum absolute atomic E-state index is 10.9. The van der Waals surface area contributed by atoms with E-state index in [1.54, 1.807) is 7.05 Å². The molecule has 5 nitrogen and oxygen atoms in total. The minimum Gasteiger partial charge on any atom is -0.481 e. The fourth-order valence-electron chi connectivity index (χ4n) is 0.727. The summed E-state index contributed by atoms with van der Waals surface area (Å²) in [5.74, 6) is 0.320. The Labute approximate surface area is 78.5 Å². The van der Waals surface area contributed by atoms with E-state index in [9.17, 15) is 8.42 Å². The van der Waals surface area contributed by atoms with Gasteiger partial charge in [0.25, 0.3) is 0 Å². The lowest BCUT2D eigenvalue weighted by Gasteiger charge is -2.10. The topological polar surface area (TPSA) is 67.4 Å². The van der Waals surface area contributed by atoms with Crippen LogP contribution in [-0.2, 0) is 14.8 Å². The maximum Gasteiger partial charge on any atom is 0.229 e. The molecule has 2 N–H and O–H groups in total. The molecule has 0 aromatic carbocycles. The number of allylic oxidation sites excluding steroid dienone is 1. The highest BCUT2D eigenvalue weighted by atomic mass is 32.2. The molecule has 76 valence electrons. The Morgan fingerprint density at radius 1 is 1.54 bits per heavy atom. The second kappa shape index (κ2) is 4.76. The molecule has 0 heterocycles. The molecule has 13 heavy (non-hydrogen) atoms. The first kappa shape index (κ1) is 11.8. The van der Waals surface area contributed by atoms with E-state index in [0.29, 0.717) is 5.88 Å². The van der Waals surface area contributed by atoms with Gasteiger partial charge in [-0.3, -0.25) is 4.72 Å². The van der Waals surface area contributed by atoms with Gasteiger partial charge in [0.1, 0.15) is 5.70 Å². The molecule has 0 radical (unpaired) electrons. The van der Waals surface area contributed by atoms with Crippen LogP contribution in [0, 0.1) is 0 Å². The zero-order chi connectivity index (χ0) is 10.5. The third-order valence-electron chi connectivity index (χ3n) is 1.18. The van der Waals surface area contributed by atoms with Crippen LogP contribution in [0.5, 0.6) is 0 Å².